The van der Waals surface area contributed by atoms with Gasteiger partial charge >= 0.3 is 0 Å². The summed E-state index contributed by atoms with van der Waals surface area (Å²) < 4.78 is 11.8. The number of aromatic nitrogens is 1. The van der Waals surface area contributed by atoms with Crippen molar-refractivity contribution in [3.63, 3.8) is 0 Å². The zero-order chi connectivity index (χ0) is 16.4. The van der Waals surface area contributed by atoms with E-state index >= 15 is 0 Å². The average Bonchev–Trinajstić information content (AvgIpc) is 2.63. The van der Waals surface area contributed by atoms with Gasteiger partial charge in [0.2, 0.25) is 0 Å². The molecule has 1 atom stereocenters. The second-order valence-corrected chi connectivity index (χ2v) is 6.40. The molecule has 3 heterocycles. The minimum atomic E-state index is -0.247. The molecular weight excluding hydrogens is 304 g/mol. The molecule has 1 aromatic heterocycles. The first-order valence-corrected chi connectivity index (χ1v) is 8.32. The normalized spacial score (nSPS) is 21.6. The average molecular weight is 324 g/mol. The van der Waals surface area contributed by atoms with E-state index in [1.165, 1.54) is 0 Å². The number of amides is 1. The van der Waals surface area contributed by atoms with Crippen LogP contribution >= 0.6 is 0 Å². The molecule has 1 fully saturated rings. The van der Waals surface area contributed by atoms with Crippen molar-refractivity contribution in [3.05, 3.63) is 59.9 Å². The maximum atomic E-state index is 12.6. The Morgan fingerprint density at radius 2 is 1.88 bits per heavy atom. The van der Waals surface area contributed by atoms with Crippen LogP contribution in [0.25, 0.3) is 0 Å². The van der Waals surface area contributed by atoms with E-state index in [1.54, 1.807) is 24.5 Å². The number of hydrogen-bond donors (Lipinski definition) is 1. The summed E-state index contributed by atoms with van der Waals surface area (Å²) in [6, 6.07) is 11.4. The van der Waals surface area contributed by atoms with Gasteiger partial charge < -0.3 is 14.8 Å². The van der Waals surface area contributed by atoms with Crippen LogP contribution in [0.5, 0.6) is 5.75 Å². The lowest BCUT2D eigenvalue weighted by Crippen LogP contribution is -2.48. The molecule has 124 valence electrons. The molecule has 5 heteroatoms. The van der Waals surface area contributed by atoms with Crippen LogP contribution in [0.15, 0.2) is 48.8 Å². The molecule has 1 spiro atoms. The van der Waals surface area contributed by atoms with E-state index in [9.17, 15) is 4.79 Å². The summed E-state index contributed by atoms with van der Waals surface area (Å²) in [6.07, 6.45) is 5.73. The summed E-state index contributed by atoms with van der Waals surface area (Å²) in [6.45, 7) is 1.40. The van der Waals surface area contributed by atoms with Gasteiger partial charge in [0.15, 0.2) is 0 Å². The van der Waals surface area contributed by atoms with Crippen LogP contribution in [-0.2, 0) is 4.74 Å². The molecule has 5 nitrogen and oxygen atoms in total. The second kappa shape index (κ2) is 6.24. The standard InChI is InChI=1S/C19H20N2O3/c22-18(14-5-9-20-10-6-14)21-16-13-19(7-11-23-12-8-19)24-17-4-2-1-3-15(16)17/h1-6,9-10,16H,7-8,11-13H2,(H,21,22). The topological polar surface area (TPSA) is 60.5 Å². The lowest BCUT2D eigenvalue weighted by atomic mass is 9.82. The first-order chi connectivity index (χ1) is 11.8. The number of pyridine rings is 1. The predicted octanol–water partition coefficient (Wildman–Crippen LogP) is 2.88. The van der Waals surface area contributed by atoms with Crippen LogP contribution in [0.3, 0.4) is 0 Å². The van der Waals surface area contributed by atoms with Crippen molar-refractivity contribution in [1.82, 2.24) is 10.3 Å². The molecule has 1 unspecified atom stereocenters. The van der Waals surface area contributed by atoms with Gasteiger partial charge in [-0.05, 0) is 18.2 Å². The van der Waals surface area contributed by atoms with E-state index in [0.717, 1.165) is 30.6 Å². The van der Waals surface area contributed by atoms with Crippen molar-refractivity contribution < 1.29 is 14.3 Å². The van der Waals surface area contributed by atoms with Crippen molar-refractivity contribution in [2.24, 2.45) is 0 Å². The molecule has 1 N–H and O–H groups in total. The molecule has 1 aromatic carbocycles. The molecular formula is C19H20N2O3. The minimum Gasteiger partial charge on any atom is -0.487 e. The summed E-state index contributed by atoms with van der Waals surface area (Å²) >= 11 is 0. The van der Waals surface area contributed by atoms with Crippen LogP contribution in [0.1, 0.15) is 41.2 Å². The van der Waals surface area contributed by atoms with E-state index in [2.05, 4.69) is 10.3 Å². The first kappa shape index (κ1) is 15.1. The highest BCUT2D eigenvalue weighted by Gasteiger charge is 2.42. The molecule has 2 aliphatic heterocycles. The van der Waals surface area contributed by atoms with E-state index in [-0.39, 0.29) is 17.6 Å². The summed E-state index contributed by atoms with van der Waals surface area (Å²) in [7, 11) is 0. The fourth-order valence-corrected chi connectivity index (χ4v) is 3.54. The molecule has 2 aromatic rings. The van der Waals surface area contributed by atoms with Gasteiger partial charge in [-0.25, -0.2) is 0 Å². The molecule has 1 saturated heterocycles. The van der Waals surface area contributed by atoms with Crippen molar-refractivity contribution >= 4 is 5.91 Å². The molecule has 2 aliphatic rings. The van der Waals surface area contributed by atoms with E-state index in [4.69, 9.17) is 9.47 Å². The van der Waals surface area contributed by atoms with Crippen LogP contribution in [0, 0.1) is 0 Å². The number of fused-ring (bicyclic) bond motifs is 1. The maximum absolute atomic E-state index is 12.6. The minimum absolute atomic E-state index is 0.0614. The third-order valence-corrected chi connectivity index (χ3v) is 4.85. The number of nitrogens with one attached hydrogen (secondary N) is 1. The number of para-hydroxylation sites is 1. The van der Waals surface area contributed by atoms with Crippen molar-refractivity contribution in [3.8, 4) is 5.75 Å². The summed E-state index contributed by atoms with van der Waals surface area (Å²) in [5, 5.41) is 3.18. The lowest BCUT2D eigenvalue weighted by Gasteiger charge is -2.44. The molecule has 0 saturated carbocycles. The van der Waals surface area contributed by atoms with Gasteiger partial charge in [0.05, 0.1) is 19.3 Å². The van der Waals surface area contributed by atoms with Crippen LogP contribution < -0.4 is 10.1 Å². The maximum Gasteiger partial charge on any atom is 0.251 e. The number of rotatable bonds is 2. The van der Waals surface area contributed by atoms with Crippen LogP contribution in [0.2, 0.25) is 0 Å². The second-order valence-electron chi connectivity index (χ2n) is 6.40. The first-order valence-electron chi connectivity index (χ1n) is 8.32. The van der Waals surface area contributed by atoms with Gasteiger partial charge in [-0.3, -0.25) is 9.78 Å². The van der Waals surface area contributed by atoms with Gasteiger partial charge in [0, 0.05) is 42.8 Å². The van der Waals surface area contributed by atoms with Crippen molar-refractivity contribution in [1.29, 1.82) is 0 Å². The summed E-state index contributed by atoms with van der Waals surface area (Å²) in [5.74, 6) is 0.784. The largest absolute Gasteiger partial charge is 0.487 e. The van der Waals surface area contributed by atoms with Crippen LogP contribution in [-0.4, -0.2) is 29.7 Å². The number of nitrogens with zero attached hydrogens (tertiary/aromatic N) is 1. The predicted molar refractivity (Wildman–Crippen MR) is 88.9 cm³/mol. The Morgan fingerprint density at radius 3 is 2.67 bits per heavy atom. The Morgan fingerprint density at radius 1 is 1.12 bits per heavy atom. The van der Waals surface area contributed by atoms with Crippen molar-refractivity contribution in [2.75, 3.05) is 13.2 Å². The quantitative estimate of drug-likeness (QED) is 0.923. The Hall–Kier alpha value is -2.40. The Balaban J connectivity index is 1.62. The third kappa shape index (κ3) is 2.87. The van der Waals surface area contributed by atoms with E-state index < -0.39 is 0 Å². The highest BCUT2D eigenvalue weighted by molar-refractivity contribution is 5.94. The van der Waals surface area contributed by atoms with Crippen LogP contribution in [0.4, 0.5) is 0 Å². The fraction of sp³-hybridized carbons (Fsp3) is 0.368. The molecule has 24 heavy (non-hydrogen) atoms. The van der Waals surface area contributed by atoms with Gasteiger partial charge in [0.1, 0.15) is 11.4 Å². The Labute approximate surface area is 141 Å². The lowest BCUT2D eigenvalue weighted by molar-refractivity contribution is -0.0639. The summed E-state index contributed by atoms with van der Waals surface area (Å²) in [4.78, 5) is 16.6. The number of carbonyl (C=O) groups is 1. The van der Waals surface area contributed by atoms with Crippen molar-refractivity contribution in [2.45, 2.75) is 30.9 Å². The highest BCUT2D eigenvalue weighted by atomic mass is 16.5. The SMILES string of the molecule is O=C(NC1CC2(CCOCC2)Oc2ccccc21)c1ccncc1. The molecule has 0 aliphatic carbocycles. The van der Waals surface area contributed by atoms with Gasteiger partial charge in [-0.2, -0.15) is 0 Å². The number of benzene rings is 1. The number of ether oxygens (including phenoxy) is 2. The van der Waals surface area contributed by atoms with E-state index in [0.29, 0.717) is 18.8 Å². The van der Waals surface area contributed by atoms with E-state index in [1.807, 2.05) is 24.3 Å². The molecule has 1 amide bonds. The molecule has 0 bridgehead atoms. The van der Waals surface area contributed by atoms with Gasteiger partial charge in [-0.15, -0.1) is 0 Å². The number of hydrogen-bond acceptors (Lipinski definition) is 4. The number of carbonyl (C=O) groups excluding carboxylic acids is 1. The Bertz CT molecular complexity index is 726. The zero-order valence-corrected chi connectivity index (χ0v) is 13.4. The molecule has 4 rings (SSSR count). The third-order valence-electron chi connectivity index (χ3n) is 4.85. The smallest absolute Gasteiger partial charge is 0.251 e. The van der Waals surface area contributed by atoms with Gasteiger partial charge in [-0.1, -0.05) is 18.2 Å². The Kier molecular flexibility index (Phi) is 3.94. The molecule has 0 radical (unpaired) electrons. The monoisotopic (exact) mass is 324 g/mol. The zero-order valence-electron chi connectivity index (χ0n) is 13.4. The summed E-state index contributed by atoms with van der Waals surface area (Å²) in [5.41, 5.74) is 1.41. The fourth-order valence-electron chi connectivity index (χ4n) is 3.54. The highest BCUT2D eigenvalue weighted by Crippen LogP contribution is 2.43. The van der Waals surface area contributed by atoms with Gasteiger partial charge in [0.25, 0.3) is 5.91 Å².